The molecule has 0 saturated carbocycles. The quantitative estimate of drug-likeness (QED) is 0.929. The molecule has 0 aromatic heterocycles. The Bertz CT molecular complexity index is 555. The fraction of sp³-hybridized carbons (Fsp3) is 0.500. The largest absolute Gasteiger partial charge is 0.317 e. The van der Waals surface area contributed by atoms with Crippen LogP contribution < -0.4 is 5.32 Å². The van der Waals surface area contributed by atoms with Crippen LogP contribution in [-0.4, -0.2) is 38.9 Å². The van der Waals surface area contributed by atoms with Gasteiger partial charge in [-0.15, -0.1) is 0 Å². The monoisotopic (exact) mass is 322 g/mol. The molecule has 1 aliphatic heterocycles. The SMILES string of the molecule is CNC1CCN(S(=O)(=O)c2cccc(Cl)c2Cl)CC1. The molecule has 0 radical (unpaired) electrons. The second-order valence-electron chi connectivity index (χ2n) is 4.52. The van der Waals surface area contributed by atoms with E-state index in [0.717, 1.165) is 12.8 Å². The number of halogens is 2. The first-order valence-corrected chi connectivity index (χ1v) is 8.28. The minimum atomic E-state index is -3.56. The molecule has 106 valence electrons. The first-order chi connectivity index (χ1) is 8.96. The van der Waals surface area contributed by atoms with Gasteiger partial charge in [-0.25, -0.2) is 8.42 Å². The molecule has 7 heteroatoms. The molecule has 0 atom stereocenters. The lowest BCUT2D eigenvalue weighted by molar-refractivity contribution is 0.298. The Hall–Kier alpha value is -0.330. The van der Waals surface area contributed by atoms with Crippen molar-refractivity contribution in [2.75, 3.05) is 20.1 Å². The predicted molar refractivity (Wildman–Crippen MR) is 77.3 cm³/mol. The van der Waals surface area contributed by atoms with E-state index in [1.165, 1.54) is 10.4 Å². The summed E-state index contributed by atoms with van der Waals surface area (Å²) in [5, 5.41) is 3.52. The van der Waals surface area contributed by atoms with Gasteiger partial charge in [0.25, 0.3) is 0 Å². The molecule has 1 aliphatic rings. The van der Waals surface area contributed by atoms with Gasteiger partial charge in [0, 0.05) is 19.1 Å². The molecule has 1 aromatic rings. The summed E-state index contributed by atoms with van der Waals surface area (Å²) in [4.78, 5) is 0.0876. The van der Waals surface area contributed by atoms with Crippen molar-refractivity contribution in [3.8, 4) is 0 Å². The molecule has 0 spiro atoms. The van der Waals surface area contributed by atoms with Crippen molar-refractivity contribution in [1.29, 1.82) is 0 Å². The summed E-state index contributed by atoms with van der Waals surface area (Å²) in [5.74, 6) is 0. The van der Waals surface area contributed by atoms with Gasteiger partial charge in [0.15, 0.2) is 0 Å². The maximum Gasteiger partial charge on any atom is 0.244 e. The van der Waals surface area contributed by atoms with Crippen LogP contribution in [0, 0.1) is 0 Å². The highest BCUT2D eigenvalue weighted by Crippen LogP contribution is 2.31. The average molecular weight is 323 g/mol. The van der Waals surface area contributed by atoms with Crippen LogP contribution in [0.1, 0.15) is 12.8 Å². The summed E-state index contributed by atoms with van der Waals surface area (Å²) >= 11 is 11.9. The molecule has 4 nitrogen and oxygen atoms in total. The van der Waals surface area contributed by atoms with Gasteiger partial charge in [-0.1, -0.05) is 29.3 Å². The van der Waals surface area contributed by atoms with E-state index in [9.17, 15) is 8.42 Å². The van der Waals surface area contributed by atoms with E-state index in [1.807, 2.05) is 7.05 Å². The van der Waals surface area contributed by atoms with E-state index in [1.54, 1.807) is 12.1 Å². The number of hydrogen-bond donors (Lipinski definition) is 1. The third kappa shape index (κ3) is 3.06. The first kappa shape index (κ1) is 15.1. The van der Waals surface area contributed by atoms with Crippen LogP contribution in [0.3, 0.4) is 0 Å². The van der Waals surface area contributed by atoms with E-state index in [-0.39, 0.29) is 14.9 Å². The van der Waals surface area contributed by atoms with Crippen molar-refractivity contribution in [3.05, 3.63) is 28.2 Å². The Kier molecular flexibility index (Phi) is 4.74. The topological polar surface area (TPSA) is 49.4 Å². The van der Waals surface area contributed by atoms with E-state index in [4.69, 9.17) is 23.2 Å². The van der Waals surface area contributed by atoms with Crippen molar-refractivity contribution in [3.63, 3.8) is 0 Å². The standard InChI is InChI=1S/C12H16Cl2N2O2S/c1-15-9-5-7-16(8-6-9)19(17,18)11-4-2-3-10(13)12(11)14/h2-4,9,15H,5-8H2,1H3. The molecule has 0 amide bonds. The van der Waals surface area contributed by atoms with E-state index >= 15 is 0 Å². The van der Waals surface area contributed by atoms with Crippen molar-refractivity contribution in [1.82, 2.24) is 9.62 Å². The number of hydrogen-bond acceptors (Lipinski definition) is 3. The van der Waals surface area contributed by atoms with Crippen LogP contribution in [0.25, 0.3) is 0 Å². The summed E-state index contributed by atoms with van der Waals surface area (Å²) in [6.07, 6.45) is 1.60. The van der Waals surface area contributed by atoms with Crippen LogP contribution in [0.4, 0.5) is 0 Å². The second-order valence-corrected chi connectivity index (χ2v) is 7.21. The minimum Gasteiger partial charge on any atom is -0.317 e. The van der Waals surface area contributed by atoms with Gasteiger partial charge in [0.2, 0.25) is 10.0 Å². The Morgan fingerprint density at radius 2 is 1.89 bits per heavy atom. The van der Waals surface area contributed by atoms with Crippen molar-refractivity contribution < 1.29 is 8.42 Å². The summed E-state index contributed by atoms with van der Waals surface area (Å²) in [6, 6.07) is 5.05. The summed E-state index contributed by atoms with van der Waals surface area (Å²) in [7, 11) is -1.67. The van der Waals surface area contributed by atoms with Crippen molar-refractivity contribution >= 4 is 33.2 Å². The van der Waals surface area contributed by atoms with Crippen LogP contribution in [-0.2, 0) is 10.0 Å². The molecule has 0 bridgehead atoms. The number of nitrogens with one attached hydrogen (secondary N) is 1. The minimum absolute atomic E-state index is 0.0876. The Balaban J connectivity index is 2.26. The van der Waals surface area contributed by atoms with Crippen LogP contribution in [0.5, 0.6) is 0 Å². The molecule has 0 aliphatic carbocycles. The van der Waals surface area contributed by atoms with Crippen LogP contribution >= 0.6 is 23.2 Å². The van der Waals surface area contributed by atoms with E-state index in [2.05, 4.69) is 5.32 Å². The van der Waals surface area contributed by atoms with Crippen LogP contribution in [0.15, 0.2) is 23.1 Å². The van der Waals surface area contributed by atoms with Crippen molar-refractivity contribution in [2.24, 2.45) is 0 Å². The molecule has 1 fully saturated rings. The molecule has 19 heavy (non-hydrogen) atoms. The fourth-order valence-electron chi connectivity index (χ4n) is 2.21. The molecule has 1 N–H and O–H groups in total. The van der Waals surface area contributed by atoms with E-state index in [0.29, 0.717) is 19.1 Å². The fourth-order valence-corrected chi connectivity index (χ4v) is 4.41. The second kappa shape index (κ2) is 5.97. The summed E-state index contributed by atoms with van der Waals surface area (Å²) < 4.78 is 26.5. The molecular formula is C12H16Cl2N2O2S. The lowest BCUT2D eigenvalue weighted by atomic mass is 10.1. The zero-order chi connectivity index (χ0) is 14.0. The number of nitrogens with zero attached hydrogens (tertiary/aromatic N) is 1. The third-order valence-electron chi connectivity index (χ3n) is 3.40. The Morgan fingerprint density at radius 1 is 1.26 bits per heavy atom. The zero-order valence-electron chi connectivity index (χ0n) is 10.6. The highest BCUT2D eigenvalue weighted by atomic mass is 35.5. The van der Waals surface area contributed by atoms with Crippen LogP contribution in [0.2, 0.25) is 10.0 Å². The van der Waals surface area contributed by atoms with Gasteiger partial charge in [-0.05, 0) is 32.0 Å². The number of benzene rings is 1. The van der Waals surface area contributed by atoms with Gasteiger partial charge in [0.1, 0.15) is 4.90 Å². The molecule has 1 heterocycles. The number of piperidine rings is 1. The number of rotatable bonds is 3. The maximum atomic E-state index is 12.5. The third-order valence-corrected chi connectivity index (χ3v) is 6.27. The first-order valence-electron chi connectivity index (χ1n) is 6.08. The molecule has 1 saturated heterocycles. The Morgan fingerprint density at radius 3 is 2.47 bits per heavy atom. The van der Waals surface area contributed by atoms with Gasteiger partial charge < -0.3 is 5.32 Å². The molecule has 0 unspecified atom stereocenters. The Labute approximate surface area is 123 Å². The molecule has 1 aromatic carbocycles. The highest BCUT2D eigenvalue weighted by molar-refractivity contribution is 7.89. The lowest BCUT2D eigenvalue weighted by Crippen LogP contribution is -2.43. The normalized spacial score (nSPS) is 18.7. The smallest absolute Gasteiger partial charge is 0.244 e. The zero-order valence-corrected chi connectivity index (χ0v) is 12.9. The van der Waals surface area contributed by atoms with Crippen molar-refractivity contribution in [2.45, 2.75) is 23.8 Å². The van der Waals surface area contributed by atoms with Gasteiger partial charge >= 0.3 is 0 Å². The highest BCUT2D eigenvalue weighted by Gasteiger charge is 2.30. The summed E-state index contributed by atoms with van der Waals surface area (Å²) in [5.41, 5.74) is 0. The van der Waals surface area contributed by atoms with Gasteiger partial charge in [-0.2, -0.15) is 4.31 Å². The predicted octanol–water partition coefficient (Wildman–Crippen LogP) is 2.37. The summed E-state index contributed by atoms with van der Waals surface area (Å²) in [6.45, 7) is 0.993. The van der Waals surface area contributed by atoms with Gasteiger partial charge in [-0.3, -0.25) is 0 Å². The maximum absolute atomic E-state index is 12.5. The number of sulfonamides is 1. The average Bonchev–Trinajstić information content (AvgIpc) is 2.41. The van der Waals surface area contributed by atoms with Gasteiger partial charge in [0.05, 0.1) is 10.0 Å². The molecular weight excluding hydrogens is 307 g/mol. The van der Waals surface area contributed by atoms with E-state index < -0.39 is 10.0 Å². The lowest BCUT2D eigenvalue weighted by Gasteiger charge is -2.31. The molecule has 2 rings (SSSR count).